The van der Waals surface area contributed by atoms with Crippen LogP contribution in [0.15, 0.2) is 12.1 Å². The van der Waals surface area contributed by atoms with Gasteiger partial charge in [0.2, 0.25) is 0 Å². The van der Waals surface area contributed by atoms with Crippen LogP contribution in [0, 0.1) is 5.92 Å². The fourth-order valence-electron chi connectivity index (χ4n) is 3.03. The molecule has 0 aromatic heterocycles. The van der Waals surface area contributed by atoms with Crippen molar-refractivity contribution >= 4 is 11.6 Å². The molecule has 3 rings (SSSR count). The average molecular weight is 266 g/mol. The highest BCUT2D eigenvalue weighted by Gasteiger charge is 2.18. The topological polar surface area (TPSA) is 21.3 Å². The van der Waals surface area contributed by atoms with Gasteiger partial charge in [-0.2, -0.15) is 0 Å². The number of rotatable bonds is 2. The molecule has 2 aliphatic rings. The normalized spacial score (nSPS) is 20.3. The molecule has 3 heteroatoms. The Morgan fingerprint density at radius 2 is 2.11 bits per heavy atom. The summed E-state index contributed by atoms with van der Waals surface area (Å²) in [5, 5.41) is 4.22. The molecule has 1 aromatic carbocycles. The predicted octanol–water partition coefficient (Wildman–Crippen LogP) is 3.21. The minimum atomic E-state index is 0.802. The summed E-state index contributed by atoms with van der Waals surface area (Å²) in [5.74, 6) is 1.74. The summed E-state index contributed by atoms with van der Waals surface area (Å²) < 4.78 is 5.66. The molecule has 98 valence electrons. The van der Waals surface area contributed by atoms with Gasteiger partial charge in [0.05, 0.1) is 11.6 Å². The third-order valence-electron chi connectivity index (χ3n) is 4.00. The molecule has 18 heavy (non-hydrogen) atoms. The second-order valence-electron chi connectivity index (χ2n) is 5.42. The van der Waals surface area contributed by atoms with Crippen molar-refractivity contribution in [3.63, 3.8) is 0 Å². The molecule has 0 aliphatic carbocycles. The standard InChI is InChI=1S/C15H20ClNO/c16-14-10-12(8-11-3-5-17-6-4-11)9-13-2-1-7-18-15(13)14/h9-11,17H,1-8H2. The first-order chi connectivity index (χ1) is 8.83. The molecule has 0 radical (unpaired) electrons. The zero-order valence-electron chi connectivity index (χ0n) is 10.7. The molecule has 2 aliphatic heterocycles. The van der Waals surface area contributed by atoms with Crippen molar-refractivity contribution in [3.05, 3.63) is 28.3 Å². The van der Waals surface area contributed by atoms with Crippen molar-refractivity contribution in [1.82, 2.24) is 5.32 Å². The summed E-state index contributed by atoms with van der Waals surface area (Å²) in [5.41, 5.74) is 2.69. The molecule has 1 saturated heterocycles. The van der Waals surface area contributed by atoms with Crippen molar-refractivity contribution in [3.8, 4) is 5.75 Å². The van der Waals surface area contributed by atoms with Crippen LogP contribution < -0.4 is 10.1 Å². The number of fused-ring (bicyclic) bond motifs is 1. The Labute approximate surface area is 114 Å². The molecule has 0 bridgehead atoms. The number of ether oxygens (including phenoxy) is 1. The zero-order valence-corrected chi connectivity index (χ0v) is 11.4. The van der Waals surface area contributed by atoms with E-state index in [1.54, 1.807) is 0 Å². The maximum absolute atomic E-state index is 6.33. The molecule has 2 heterocycles. The van der Waals surface area contributed by atoms with Crippen LogP contribution >= 0.6 is 11.6 Å². The molecular formula is C15H20ClNO. The SMILES string of the molecule is Clc1cc(CC2CCNCC2)cc2c1OCCC2. The third-order valence-corrected chi connectivity index (χ3v) is 4.28. The average Bonchev–Trinajstić information content (AvgIpc) is 2.40. The number of hydrogen-bond donors (Lipinski definition) is 1. The second-order valence-corrected chi connectivity index (χ2v) is 5.82. The first-order valence-electron chi connectivity index (χ1n) is 6.98. The van der Waals surface area contributed by atoms with Gasteiger partial charge in [0.15, 0.2) is 0 Å². The van der Waals surface area contributed by atoms with Gasteiger partial charge in [0.1, 0.15) is 5.75 Å². The number of aryl methyl sites for hydroxylation is 1. The maximum atomic E-state index is 6.33. The van der Waals surface area contributed by atoms with Gasteiger partial charge in [-0.3, -0.25) is 0 Å². The molecule has 1 N–H and O–H groups in total. The molecule has 0 spiro atoms. The summed E-state index contributed by atoms with van der Waals surface area (Å²) in [4.78, 5) is 0. The van der Waals surface area contributed by atoms with E-state index < -0.39 is 0 Å². The maximum Gasteiger partial charge on any atom is 0.141 e. The molecule has 2 nitrogen and oxygen atoms in total. The van der Waals surface area contributed by atoms with Crippen molar-refractivity contribution < 1.29 is 4.74 Å². The number of benzene rings is 1. The fourth-order valence-corrected chi connectivity index (χ4v) is 3.35. The summed E-state index contributed by atoms with van der Waals surface area (Å²) in [6.07, 6.45) is 5.94. The van der Waals surface area contributed by atoms with Gasteiger partial charge < -0.3 is 10.1 Å². The van der Waals surface area contributed by atoms with E-state index >= 15 is 0 Å². The Morgan fingerprint density at radius 3 is 2.94 bits per heavy atom. The first kappa shape index (κ1) is 12.3. The lowest BCUT2D eigenvalue weighted by Crippen LogP contribution is -2.28. The largest absolute Gasteiger partial charge is 0.492 e. The minimum Gasteiger partial charge on any atom is -0.492 e. The van der Waals surface area contributed by atoms with Crippen LogP contribution in [0.2, 0.25) is 5.02 Å². The molecule has 0 unspecified atom stereocenters. The van der Waals surface area contributed by atoms with Gasteiger partial charge in [-0.1, -0.05) is 17.7 Å². The summed E-state index contributed by atoms with van der Waals surface area (Å²) in [7, 11) is 0. The van der Waals surface area contributed by atoms with Crippen LogP contribution in [0.4, 0.5) is 0 Å². The van der Waals surface area contributed by atoms with Crippen LogP contribution in [0.25, 0.3) is 0 Å². The van der Waals surface area contributed by atoms with Crippen LogP contribution in [-0.4, -0.2) is 19.7 Å². The van der Waals surface area contributed by atoms with Crippen LogP contribution in [0.5, 0.6) is 5.75 Å². The summed E-state index contributed by atoms with van der Waals surface area (Å²) in [6, 6.07) is 4.41. The van der Waals surface area contributed by atoms with E-state index in [4.69, 9.17) is 16.3 Å². The highest BCUT2D eigenvalue weighted by atomic mass is 35.5. The van der Waals surface area contributed by atoms with Crippen LogP contribution in [-0.2, 0) is 12.8 Å². The van der Waals surface area contributed by atoms with Gasteiger partial charge in [-0.25, -0.2) is 0 Å². The molecule has 0 atom stereocenters. The first-order valence-corrected chi connectivity index (χ1v) is 7.35. The Bertz CT molecular complexity index is 427. The van der Waals surface area contributed by atoms with E-state index in [1.807, 2.05) is 0 Å². The van der Waals surface area contributed by atoms with Crippen LogP contribution in [0.3, 0.4) is 0 Å². The summed E-state index contributed by atoms with van der Waals surface area (Å²) >= 11 is 6.33. The van der Waals surface area contributed by atoms with E-state index in [0.717, 1.165) is 55.6 Å². The molecule has 0 amide bonds. The second kappa shape index (κ2) is 5.50. The fraction of sp³-hybridized carbons (Fsp3) is 0.600. The van der Waals surface area contributed by atoms with Gasteiger partial charge >= 0.3 is 0 Å². The van der Waals surface area contributed by atoms with E-state index in [9.17, 15) is 0 Å². The predicted molar refractivity (Wildman–Crippen MR) is 74.6 cm³/mol. The molecule has 0 saturated carbocycles. The van der Waals surface area contributed by atoms with Crippen LogP contribution in [0.1, 0.15) is 30.4 Å². The van der Waals surface area contributed by atoms with Gasteiger partial charge in [0, 0.05) is 0 Å². The Balaban J connectivity index is 1.77. The quantitative estimate of drug-likeness (QED) is 0.887. The Morgan fingerprint density at radius 1 is 1.28 bits per heavy atom. The van der Waals surface area contributed by atoms with E-state index in [1.165, 1.54) is 24.0 Å². The Hall–Kier alpha value is -0.730. The van der Waals surface area contributed by atoms with E-state index in [-0.39, 0.29) is 0 Å². The number of piperidine rings is 1. The van der Waals surface area contributed by atoms with Gasteiger partial charge in [-0.15, -0.1) is 0 Å². The number of halogens is 1. The minimum absolute atomic E-state index is 0.802. The van der Waals surface area contributed by atoms with Crippen molar-refractivity contribution in [2.24, 2.45) is 5.92 Å². The van der Waals surface area contributed by atoms with Gasteiger partial charge in [0.25, 0.3) is 0 Å². The molecule has 1 aromatic rings. The number of hydrogen-bond acceptors (Lipinski definition) is 2. The van der Waals surface area contributed by atoms with Crippen molar-refractivity contribution in [1.29, 1.82) is 0 Å². The third kappa shape index (κ3) is 2.65. The van der Waals surface area contributed by atoms with Crippen molar-refractivity contribution in [2.45, 2.75) is 32.1 Å². The van der Waals surface area contributed by atoms with Crippen molar-refractivity contribution in [2.75, 3.05) is 19.7 Å². The monoisotopic (exact) mass is 265 g/mol. The van der Waals surface area contributed by atoms with E-state index in [0.29, 0.717) is 0 Å². The lowest BCUT2D eigenvalue weighted by atomic mass is 9.90. The lowest BCUT2D eigenvalue weighted by molar-refractivity contribution is 0.288. The highest BCUT2D eigenvalue weighted by Crippen LogP contribution is 2.35. The smallest absolute Gasteiger partial charge is 0.141 e. The Kier molecular flexibility index (Phi) is 3.76. The molecule has 1 fully saturated rings. The summed E-state index contributed by atoms with van der Waals surface area (Å²) in [6.45, 7) is 3.12. The highest BCUT2D eigenvalue weighted by molar-refractivity contribution is 6.32. The molecular weight excluding hydrogens is 246 g/mol. The lowest BCUT2D eigenvalue weighted by Gasteiger charge is -2.24. The zero-order chi connectivity index (χ0) is 12.4. The number of nitrogens with one attached hydrogen (secondary N) is 1. The van der Waals surface area contributed by atoms with E-state index in [2.05, 4.69) is 17.4 Å². The van der Waals surface area contributed by atoms with Gasteiger partial charge in [-0.05, 0) is 68.3 Å².